The fourth-order valence-corrected chi connectivity index (χ4v) is 3.38. The second-order valence-corrected chi connectivity index (χ2v) is 7.48. The van der Waals surface area contributed by atoms with Gasteiger partial charge in [0.05, 0.1) is 5.60 Å². The molecule has 2 rings (SSSR count). The van der Waals surface area contributed by atoms with Crippen LogP contribution in [0.25, 0.3) is 0 Å². The van der Waals surface area contributed by atoms with E-state index >= 15 is 0 Å². The number of benzene rings is 1. The van der Waals surface area contributed by atoms with Gasteiger partial charge < -0.3 is 25.0 Å². The molecule has 1 saturated heterocycles. The molecule has 0 aromatic heterocycles. The molecule has 1 aromatic carbocycles. The molecule has 1 fully saturated rings. The van der Waals surface area contributed by atoms with E-state index in [1.54, 1.807) is 12.1 Å². The Labute approximate surface area is 161 Å². The van der Waals surface area contributed by atoms with Crippen LogP contribution in [0.5, 0.6) is 0 Å². The van der Waals surface area contributed by atoms with E-state index in [4.69, 9.17) is 9.47 Å². The first-order valence-electron chi connectivity index (χ1n) is 9.36. The van der Waals surface area contributed by atoms with Gasteiger partial charge in [0.2, 0.25) is 5.91 Å². The van der Waals surface area contributed by atoms with Gasteiger partial charge in [0.15, 0.2) is 0 Å². The summed E-state index contributed by atoms with van der Waals surface area (Å²) in [5.74, 6) is -0.238. The summed E-state index contributed by atoms with van der Waals surface area (Å²) in [5.41, 5.74) is 2.00. The predicted octanol–water partition coefficient (Wildman–Crippen LogP) is 3.39. The number of nitrogens with one attached hydrogen (secondary N) is 2. The molecule has 150 valence electrons. The zero-order chi connectivity index (χ0) is 20.0. The third-order valence-corrected chi connectivity index (χ3v) is 4.75. The fraction of sp³-hybridized carbons (Fsp3) is 0.600. The Morgan fingerprint density at radius 1 is 1.33 bits per heavy atom. The van der Waals surface area contributed by atoms with E-state index < -0.39 is 0 Å². The lowest BCUT2D eigenvalue weighted by molar-refractivity contribution is -0.119. The normalized spacial score (nSPS) is 18.6. The van der Waals surface area contributed by atoms with Gasteiger partial charge in [-0.2, -0.15) is 0 Å². The first-order valence-corrected chi connectivity index (χ1v) is 9.36. The molecule has 27 heavy (non-hydrogen) atoms. The Bertz CT molecular complexity index is 675. The van der Waals surface area contributed by atoms with Gasteiger partial charge in [-0.3, -0.25) is 4.79 Å². The third kappa shape index (κ3) is 5.94. The number of carbonyl (C=O) groups is 2. The van der Waals surface area contributed by atoms with Crippen molar-refractivity contribution in [3.63, 3.8) is 0 Å². The molecule has 1 aliphatic heterocycles. The zero-order valence-electron chi connectivity index (χ0n) is 16.9. The highest BCUT2D eigenvalue weighted by Crippen LogP contribution is 2.28. The highest BCUT2D eigenvalue weighted by molar-refractivity contribution is 5.94. The van der Waals surface area contributed by atoms with Crippen LogP contribution in [-0.2, 0) is 14.3 Å². The molecule has 0 spiro atoms. The van der Waals surface area contributed by atoms with Crippen LogP contribution in [0.15, 0.2) is 18.2 Å². The molecule has 7 heteroatoms. The average molecular weight is 377 g/mol. The number of rotatable bonds is 6. The second kappa shape index (κ2) is 9.19. The monoisotopic (exact) mass is 377 g/mol. The fourth-order valence-electron chi connectivity index (χ4n) is 3.38. The molecular formula is C20H31N3O4. The van der Waals surface area contributed by atoms with E-state index in [1.165, 1.54) is 7.11 Å². The van der Waals surface area contributed by atoms with Crippen LogP contribution in [0.3, 0.4) is 0 Å². The molecular weight excluding hydrogens is 346 g/mol. The highest BCUT2D eigenvalue weighted by Gasteiger charge is 2.33. The maximum atomic E-state index is 12.9. The van der Waals surface area contributed by atoms with Gasteiger partial charge in [0, 0.05) is 37.7 Å². The van der Waals surface area contributed by atoms with E-state index in [-0.39, 0.29) is 30.2 Å². The summed E-state index contributed by atoms with van der Waals surface area (Å²) in [4.78, 5) is 26.5. The van der Waals surface area contributed by atoms with Crippen LogP contribution >= 0.6 is 0 Å². The standard InChI is InChI=1S/C20H31N3O4/c1-6-23(16-9-10-27-20(3,4)12-16)19(25)22-17-11-15(8-7-14(17)2)21-18(24)13-26-5/h7-8,11,16H,6,9-10,12-13H2,1-5H3,(H,21,24)(H,22,25). The number of amides is 3. The van der Waals surface area contributed by atoms with E-state index in [1.807, 2.05) is 24.8 Å². The molecule has 1 aliphatic rings. The first kappa shape index (κ1) is 21.2. The van der Waals surface area contributed by atoms with Crippen molar-refractivity contribution >= 4 is 23.3 Å². The topological polar surface area (TPSA) is 79.9 Å². The van der Waals surface area contributed by atoms with Gasteiger partial charge in [-0.05, 0) is 58.2 Å². The van der Waals surface area contributed by atoms with Gasteiger partial charge in [-0.1, -0.05) is 6.07 Å². The van der Waals surface area contributed by atoms with Crippen LogP contribution in [0.1, 0.15) is 39.2 Å². The maximum Gasteiger partial charge on any atom is 0.322 e. The number of methoxy groups -OCH3 is 1. The Kier molecular flexibility index (Phi) is 7.21. The van der Waals surface area contributed by atoms with Crippen molar-refractivity contribution in [2.75, 3.05) is 37.5 Å². The van der Waals surface area contributed by atoms with Crippen molar-refractivity contribution in [3.05, 3.63) is 23.8 Å². The minimum atomic E-state index is -0.238. The lowest BCUT2D eigenvalue weighted by atomic mass is 9.93. The minimum Gasteiger partial charge on any atom is -0.375 e. The maximum absolute atomic E-state index is 12.9. The van der Waals surface area contributed by atoms with Crippen molar-refractivity contribution in [2.45, 2.75) is 52.2 Å². The Morgan fingerprint density at radius 2 is 2.07 bits per heavy atom. The summed E-state index contributed by atoms with van der Waals surface area (Å²) in [6.07, 6.45) is 1.64. The number of hydrogen-bond donors (Lipinski definition) is 2. The SMILES string of the molecule is CCN(C(=O)Nc1cc(NC(=O)COC)ccc1C)C1CCOC(C)(C)C1. The molecule has 7 nitrogen and oxygen atoms in total. The van der Waals surface area contributed by atoms with Gasteiger partial charge in [-0.25, -0.2) is 4.79 Å². The summed E-state index contributed by atoms with van der Waals surface area (Å²) in [6, 6.07) is 5.44. The third-order valence-electron chi connectivity index (χ3n) is 4.75. The van der Waals surface area contributed by atoms with Crippen LogP contribution in [0.4, 0.5) is 16.2 Å². The van der Waals surface area contributed by atoms with Crippen LogP contribution < -0.4 is 10.6 Å². The predicted molar refractivity (Wildman–Crippen MR) is 106 cm³/mol. The molecule has 2 N–H and O–H groups in total. The Hall–Kier alpha value is -2.12. The van der Waals surface area contributed by atoms with Gasteiger partial charge in [-0.15, -0.1) is 0 Å². The van der Waals surface area contributed by atoms with Crippen molar-refractivity contribution in [2.24, 2.45) is 0 Å². The van der Waals surface area contributed by atoms with Crippen LogP contribution in [-0.4, -0.2) is 55.3 Å². The summed E-state index contributed by atoms with van der Waals surface area (Å²) < 4.78 is 10.6. The van der Waals surface area contributed by atoms with Crippen LogP contribution in [0, 0.1) is 6.92 Å². The summed E-state index contributed by atoms with van der Waals surface area (Å²) in [7, 11) is 1.47. The van der Waals surface area contributed by atoms with E-state index in [2.05, 4.69) is 24.5 Å². The number of nitrogens with zero attached hydrogens (tertiary/aromatic N) is 1. The van der Waals surface area contributed by atoms with E-state index in [0.717, 1.165) is 18.4 Å². The van der Waals surface area contributed by atoms with Gasteiger partial charge >= 0.3 is 6.03 Å². The molecule has 1 heterocycles. The minimum absolute atomic E-state index is 0.0152. The lowest BCUT2D eigenvalue weighted by Crippen LogP contribution is -2.49. The van der Waals surface area contributed by atoms with Gasteiger partial charge in [0.25, 0.3) is 0 Å². The molecule has 0 radical (unpaired) electrons. The van der Waals surface area contributed by atoms with Crippen molar-refractivity contribution in [1.29, 1.82) is 0 Å². The van der Waals surface area contributed by atoms with Crippen molar-refractivity contribution in [1.82, 2.24) is 4.90 Å². The quantitative estimate of drug-likeness (QED) is 0.796. The molecule has 0 aliphatic carbocycles. The number of aryl methyl sites for hydroxylation is 1. The largest absolute Gasteiger partial charge is 0.375 e. The summed E-state index contributed by atoms with van der Waals surface area (Å²) in [6.45, 7) is 9.28. The number of hydrogen-bond acceptors (Lipinski definition) is 4. The van der Waals surface area contributed by atoms with Gasteiger partial charge in [0.1, 0.15) is 6.61 Å². The molecule has 1 atom stereocenters. The molecule has 0 bridgehead atoms. The summed E-state index contributed by atoms with van der Waals surface area (Å²) in [5, 5.41) is 5.75. The lowest BCUT2D eigenvalue weighted by Gasteiger charge is -2.40. The van der Waals surface area contributed by atoms with E-state index in [9.17, 15) is 9.59 Å². The van der Waals surface area contributed by atoms with E-state index in [0.29, 0.717) is 24.5 Å². The molecule has 1 unspecified atom stereocenters. The number of anilines is 2. The highest BCUT2D eigenvalue weighted by atomic mass is 16.5. The average Bonchev–Trinajstić information content (AvgIpc) is 2.58. The van der Waals surface area contributed by atoms with Crippen molar-refractivity contribution in [3.8, 4) is 0 Å². The number of urea groups is 1. The molecule has 3 amide bonds. The van der Waals surface area contributed by atoms with Crippen LogP contribution in [0.2, 0.25) is 0 Å². The van der Waals surface area contributed by atoms with Crippen molar-refractivity contribution < 1.29 is 19.1 Å². The summed E-state index contributed by atoms with van der Waals surface area (Å²) >= 11 is 0. The molecule has 1 aromatic rings. The smallest absolute Gasteiger partial charge is 0.322 e. The molecule has 0 saturated carbocycles. The zero-order valence-corrected chi connectivity index (χ0v) is 16.9. The second-order valence-electron chi connectivity index (χ2n) is 7.48. The Morgan fingerprint density at radius 3 is 2.70 bits per heavy atom. The number of carbonyl (C=O) groups excluding carboxylic acids is 2. The number of ether oxygens (including phenoxy) is 2. The Balaban J connectivity index is 2.09. The first-order chi connectivity index (χ1) is 12.8.